The molecule has 0 aliphatic carbocycles. The molecular formula is C8H13ClN2O2. The summed E-state index contributed by atoms with van der Waals surface area (Å²) in [7, 11) is 0. The Balaban J connectivity index is 3.49. The van der Waals surface area contributed by atoms with Crippen LogP contribution in [-0.4, -0.2) is 24.4 Å². The maximum atomic E-state index is 10.9. The monoisotopic (exact) mass is 204 g/mol. The van der Waals surface area contributed by atoms with Crippen LogP contribution < -0.4 is 10.6 Å². The number of amides is 3. The Morgan fingerprint density at radius 2 is 2.15 bits per heavy atom. The Labute approximate surface area is 82.3 Å². The molecule has 0 aliphatic heterocycles. The average Bonchev–Trinajstić information content (AvgIpc) is 2.05. The Morgan fingerprint density at radius 3 is 2.69 bits per heavy atom. The molecule has 0 atom stereocenters. The molecule has 0 aliphatic rings. The van der Waals surface area contributed by atoms with Crippen molar-refractivity contribution >= 4 is 23.5 Å². The normalized spacial score (nSPS) is 9.00. The molecule has 2 N–H and O–H groups in total. The lowest BCUT2D eigenvalue weighted by atomic mass is 10.4. The molecule has 0 fully saturated rings. The summed E-state index contributed by atoms with van der Waals surface area (Å²) in [5, 5.41) is 4.62. The van der Waals surface area contributed by atoms with Gasteiger partial charge in [0.2, 0.25) is 5.91 Å². The molecule has 0 spiro atoms. The number of urea groups is 1. The van der Waals surface area contributed by atoms with Crippen LogP contribution in [0.4, 0.5) is 4.79 Å². The van der Waals surface area contributed by atoms with Gasteiger partial charge in [0.25, 0.3) is 0 Å². The van der Waals surface area contributed by atoms with E-state index in [1.54, 1.807) is 6.08 Å². The molecule has 5 heteroatoms. The molecule has 0 rings (SSSR count). The van der Waals surface area contributed by atoms with Crippen molar-refractivity contribution in [3.63, 3.8) is 0 Å². The smallest absolute Gasteiger partial charge is 0.321 e. The first-order valence-corrected chi connectivity index (χ1v) is 4.48. The largest absolute Gasteiger partial charge is 0.337 e. The first-order chi connectivity index (χ1) is 6.20. The van der Waals surface area contributed by atoms with E-state index in [0.29, 0.717) is 13.0 Å². The minimum Gasteiger partial charge on any atom is -0.337 e. The van der Waals surface area contributed by atoms with E-state index >= 15 is 0 Å². The zero-order valence-electron chi connectivity index (χ0n) is 7.31. The number of alkyl halides is 1. The Kier molecular flexibility index (Phi) is 7.01. The number of hydrogen-bond acceptors (Lipinski definition) is 2. The second-order valence-electron chi connectivity index (χ2n) is 2.32. The van der Waals surface area contributed by atoms with Crippen molar-refractivity contribution < 1.29 is 9.59 Å². The summed E-state index contributed by atoms with van der Waals surface area (Å²) < 4.78 is 0. The molecule has 0 aromatic rings. The van der Waals surface area contributed by atoms with E-state index in [0.717, 1.165) is 0 Å². The van der Waals surface area contributed by atoms with Crippen molar-refractivity contribution in [2.75, 3.05) is 12.4 Å². The van der Waals surface area contributed by atoms with Crippen LogP contribution in [0.15, 0.2) is 12.7 Å². The summed E-state index contributed by atoms with van der Waals surface area (Å²) in [6.45, 7) is 3.97. The molecule has 0 saturated heterocycles. The summed E-state index contributed by atoms with van der Waals surface area (Å²) in [4.78, 5) is 21.7. The van der Waals surface area contributed by atoms with Gasteiger partial charge < -0.3 is 5.32 Å². The van der Waals surface area contributed by atoms with Crippen LogP contribution in [0.5, 0.6) is 0 Å². The summed E-state index contributed by atoms with van der Waals surface area (Å²) in [6.07, 6.45) is 2.51. The second-order valence-corrected chi connectivity index (χ2v) is 2.70. The number of hydrogen-bond donors (Lipinski definition) is 2. The number of halogens is 1. The quantitative estimate of drug-likeness (QED) is 0.399. The van der Waals surface area contributed by atoms with E-state index in [2.05, 4.69) is 17.2 Å². The van der Waals surface area contributed by atoms with Crippen molar-refractivity contribution in [2.24, 2.45) is 0 Å². The van der Waals surface area contributed by atoms with Crippen LogP contribution in [-0.2, 0) is 4.79 Å². The van der Waals surface area contributed by atoms with Crippen molar-refractivity contribution in [2.45, 2.75) is 12.8 Å². The fourth-order valence-electron chi connectivity index (χ4n) is 0.607. The summed E-state index contributed by atoms with van der Waals surface area (Å²) >= 11 is 5.30. The Bertz CT molecular complexity index is 195. The fourth-order valence-corrected chi connectivity index (χ4v) is 0.779. The van der Waals surface area contributed by atoms with Crippen molar-refractivity contribution in [1.29, 1.82) is 0 Å². The lowest BCUT2D eigenvalue weighted by Gasteiger charge is -2.03. The van der Waals surface area contributed by atoms with E-state index in [1.165, 1.54) is 0 Å². The number of nitrogens with one attached hydrogen (secondary N) is 2. The molecule has 0 saturated carbocycles. The van der Waals surface area contributed by atoms with E-state index in [9.17, 15) is 9.59 Å². The van der Waals surface area contributed by atoms with Gasteiger partial charge in [-0.05, 0) is 6.42 Å². The van der Waals surface area contributed by atoms with Crippen molar-refractivity contribution in [3.05, 3.63) is 12.7 Å². The molecule has 0 unspecified atom stereocenters. The minimum absolute atomic E-state index is 0.149. The van der Waals surface area contributed by atoms with Gasteiger partial charge in [0, 0.05) is 18.8 Å². The molecule has 0 radical (unpaired) electrons. The zero-order chi connectivity index (χ0) is 10.1. The third-order valence-corrected chi connectivity index (χ3v) is 1.40. The van der Waals surface area contributed by atoms with Crippen LogP contribution in [0.25, 0.3) is 0 Å². The highest BCUT2D eigenvalue weighted by molar-refractivity contribution is 6.19. The van der Waals surface area contributed by atoms with Gasteiger partial charge in [0.1, 0.15) is 0 Å². The zero-order valence-corrected chi connectivity index (χ0v) is 8.06. The molecule has 0 aromatic heterocycles. The highest BCUT2D eigenvalue weighted by Gasteiger charge is 2.04. The molecule has 0 aromatic carbocycles. The third-order valence-electron chi connectivity index (χ3n) is 1.21. The minimum atomic E-state index is -0.489. The third kappa shape index (κ3) is 7.33. The topological polar surface area (TPSA) is 58.2 Å². The lowest BCUT2D eigenvalue weighted by molar-refractivity contribution is -0.119. The van der Waals surface area contributed by atoms with Crippen LogP contribution in [0, 0.1) is 0 Å². The van der Waals surface area contributed by atoms with Gasteiger partial charge in [0.15, 0.2) is 0 Å². The van der Waals surface area contributed by atoms with E-state index in [4.69, 9.17) is 11.6 Å². The standard InChI is InChI=1S/C8H13ClN2O2/c1-2-3-6-10-8(13)11-7(12)4-5-9/h2H,1,3-6H2,(H2,10,11,12,13). The molecule has 0 bridgehead atoms. The number of rotatable bonds is 5. The van der Waals surface area contributed by atoms with Crippen LogP contribution in [0.3, 0.4) is 0 Å². The van der Waals surface area contributed by atoms with Gasteiger partial charge in [-0.2, -0.15) is 0 Å². The predicted molar refractivity (Wildman–Crippen MR) is 51.7 cm³/mol. The lowest BCUT2D eigenvalue weighted by Crippen LogP contribution is -2.39. The second kappa shape index (κ2) is 7.61. The van der Waals surface area contributed by atoms with Crippen LogP contribution in [0.2, 0.25) is 0 Å². The van der Waals surface area contributed by atoms with Crippen LogP contribution >= 0.6 is 11.6 Å². The molecule has 3 amide bonds. The van der Waals surface area contributed by atoms with E-state index in [1.807, 2.05) is 0 Å². The number of carbonyl (C=O) groups excluding carboxylic acids is 2. The first kappa shape index (κ1) is 12.0. The summed E-state index contributed by atoms with van der Waals surface area (Å²) in [5.41, 5.74) is 0. The molecule has 4 nitrogen and oxygen atoms in total. The maximum absolute atomic E-state index is 10.9. The van der Waals surface area contributed by atoms with E-state index < -0.39 is 6.03 Å². The Hall–Kier alpha value is -1.03. The number of imide groups is 1. The molecule has 74 valence electrons. The predicted octanol–water partition coefficient (Wildman–Crippen LogP) is 1.02. The van der Waals surface area contributed by atoms with Gasteiger partial charge in [-0.1, -0.05) is 6.08 Å². The van der Waals surface area contributed by atoms with Crippen molar-refractivity contribution in [1.82, 2.24) is 10.6 Å². The molecule has 13 heavy (non-hydrogen) atoms. The van der Waals surface area contributed by atoms with Gasteiger partial charge >= 0.3 is 6.03 Å². The van der Waals surface area contributed by atoms with Gasteiger partial charge in [-0.15, -0.1) is 18.2 Å². The van der Waals surface area contributed by atoms with Crippen LogP contribution in [0.1, 0.15) is 12.8 Å². The Morgan fingerprint density at radius 1 is 1.46 bits per heavy atom. The van der Waals surface area contributed by atoms with Gasteiger partial charge in [-0.25, -0.2) is 4.79 Å². The SMILES string of the molecule is C=CCCNC(=O)NC(=O)CCCl. The van der Waals surface area contributed by atoms with Crippen molar-refractivity contribution in [3.8, 4) is 0 Å². The van der Waals surface area contributed by atoms with E-state index in [-0.39, 0.29) is 18.2 Å². The fraction of sp³-hybridized carbons (Fsp3) is 0.500. The molecule has 0 heterocycles. The first-order valence-electron chi connectivity index (χ1n) is 3.95. The highest BCUT2D eigenvalue weighted by Crippen LogP contribution is 1.83. The van der Waals surface area contributed by atoms with Gasteiger partial charge in [-0.3, -0.25) is 10.1 Å². The highest BCUT2D eigenvalue weighted by atomic mass is 35.5. The molecular weight excluding hydrogens is 192 g/mol. The number of carbonyl (C=O) groups is 2. The summed E-state index contributed by atoms with van der Waals surface area (Å²) in [5.74, 6) is -0.155. The van der Waals surface area contributed by atoms with Gasteiger partial charge in [0.05, 0.1) is 0 Å². The maximum Gasteiger partial charge on any atom is 0.321 e. The summed E-state index contributed by atoms with van der Waals surface area (Å²) in [6, 6.07) is -0.489. The average molecular weight is 205 g/mol.